The number of rotatable bonds is 6. The number of fused-ring (bicyclic) bond motifs is 1. The smallest absolute Gasteiger partial charge is 0.270 e. The molecular weight excluding hydrogens is 322 g/mol. The van der Waals surface area contributed by atoms with Crippen LogP contribution < -0.4 is 5.32 Å². The van der Waals surface area contributed by atoms with E-state index in [1.807, 2.05) is 17.5 Å². The standard InChI is InChI=1S/C18H19N3O2S/c1-23-9-8-21-15-5-3-2-4-12(15)10-16(21)18-20-14(11-24-18)17(22)19-13-6-7-13/h2-5,10-11,13H,6-9H2,1H3,(H,19,22). The van der Waals surface area contributed by atoms with Crippen molar-refractivity contribution in [3.8, 4) is 10.7 Å². The number of amides is 1. The van der Waals surface area contributed by atoms with Crippen molar-refractivity contribution in [2.45, 2.75) is 25.4 Å². The van der Waals surface area contributed by atoms with Crippen LogP contribution in [0.1, 0.15) is 23.3 Å². The summed E-state index contributed by atoms with van der Waals surface area (Å²) in [6.45, 7) is 1.38. The van der Waals surface area contributed by atoms with Gasteiger partial charge >= 0.3 is 0 Å². The van der Waals surface area contributed by atoms with Crippen molar-refractivity contribution in [3.05, 3.63) is 41.4 Å². The Hall–Kier alpha value is -2.18. The summed E-state index contributed by atoms with van der Waals surface area (Å²) in [5, 5.41) is 6.86. The molecule has 24 heavy (non-hydrogen) atoms. The molecule has 1 aromatic carbocycles. The Balaban J connectivity index is 1.70. The van der Waals surface area contributed by atoms with E-state index in [2.05, 4.69) is 33.1 Å². The third kappa shape index (κ3) is 2.95. The number of nitrogens with zero attached hydrogens (tertiary/aromatic N) is 2. The second-order valence-electron chi connectivity index (χ2n) is 6.02. The quantitative estimate of drug-likeness (QED) is 0.748. The molecule has 1 aliphatic rings. The van der Waals surface area contributed by atoms with Gasteiger partial charge in [0, 0.05) is 36.0 Å². The maximum atomic E-state index is 12.2. The first-order chi connectivity index (χ1) is 11.8. The molecule has 1 aliphatic carbocycles. The fraction of sp³-hybridized carbons (Fsp3) is 0.333. The zero-order valence-corrected chi connectivity index (χ0v) is 14.3. The molecule has 0 atom stereocenters. The molecule has 6 heteroatoms. The fourth-order valence-electron chi connectivity index (χ4n) is 2.79. The number of nitrogens with one attached hydrogen (secondary N) is 1. The van der Waals surface area contributed by atoms with Gasteiger partial charge in [0.2, 0.25) is 0 Å². The van der Waals surface area contributed by atoms with Gasteiger partial charge in [0.25, 0.3) is 5.91 Å². The van der Waals surface area contributed by atoms with E-state index in [1.165, 1.54) is 16.7 Å². The van der Waals surface area contributed by atoms with E-state index in [0.29, 0.717) is 18.3 Å². The molecule has 0 aliphatic heterocycles. The van der Waals surface area contributed by atoms with Crippen LogP contribution in [-0.2, 0) is 11.3 Å². The lowest BCUT2D eigenvalue weighted by atomic mass is 10.2. The van der Waals surface area contributed by atoms with E-state index in [4.69, 9.17) is 4.74 Å². The largest absolute Gasteiger partial charge is 0.383 e. The molecule has 1 saturated carbocycles. The number of hydrogen-bond acceptors (Lipinski definition) is 4. The number of benzene rings is 1. The van der Waals surface area contributed by atoms with Gasteiger partial charge in [0.05, 0.1) is 12.3 Å². The number of hydrogen-bond donors (Lipinski definition) is 1. The minimum atomic E-state index is -0.0699. The number of carbonyl (C=O) groups excluding carboxylic acids is 1. The summed E-state index contributed by atoms with van der Waals surface area (Å²) in [6.07, 6.45) is 2.15. The van der Waals surface area contributed by atoms with Crippen molar-refractivity contribution in [1.82, 2.24) is 14.9 Å². The molecule has 0 radical (unpaired) electrons. The maximum Gasteiger partial charge on any atom is 0.270 e. The normalized spacial score (nSPS) is 14.2. The second kappa shape index (κ2) is 6.37. The second-order valence-corrected chi connectivity index (χ2v) is 6.88. The van der Waals surface area contributed by atoms with Gasteiger partial charge in [0.1, 0.15) is 10.7 Å². The number of aromatic nitrogens is 2. The lowest BCUT2D eigenvalue weighted by Crippen LogP contribution is -2.25. The molecule has 0 bridgehead atoms. The summed E-state index contributed by atoms with van der Waals surface area (Å²) in [5.74, 6) is -0.0699. The van der Waals surface area contributed by atoms with E-state index in [-0.39, 0.29) is 5.91 Å². The molecule has 0 saturated heterocycles. The Morgan fingerprint density at radius 2 is 2.25 bits per heavy atom. The van der Waals surface area contributed by atoms with Crippen molar-refractivity contribution >= 4 is 28.1 Å². The van der Waals surface area contributed by atoms with Crippen LogP contribution in [0.25, 0.3) is 21.6 Å². The molecule has 0 spiro atoms. The summed E-state index contributed by atoms with van der Waals surface area (Å²) in [6, 6.07) is 10.7. The summed E-state index contributed by atoms with van der Waals surface area (Å²) >= 11 is 1.51. The zero-order valence-electron chi connectivity index (χ0n) is 13.5. The van der Waals surface area contributed by atoms with Gasteiger partial charge in [-0.3, -0.25) is 4.79 Å². The topological polar surface area (TPSA) is 56.2 Å². The molecule has 3 aromatic rings. The molecule has 5 nitrogen and oxygen atoms in total. The van der Waals surface area contributed by atoms with Crippen molar-refractivity contribution in [2.75, 3.05) is 13.7 Å². The first kappa shape index (κ1) is 15.4. The van der Waals surface area contributed by atoms with Crippen LogP contribution in [0.5, 0.6) is 0 Å². The van der Waals surface area contributed by atoms with Gasteiger partial charge in [0.15, 0.2) is 0 Å². The SMILES string of the molecule is COCCn1c(-c2nc(C(=O)NC3CC3)cs2)cc2ccccc21. The van der Waals surface area contributed by atoms with Gasteiger partial charge in [-0.05, 0) is 25.0 Å². The lowest BCUT2D eigenvalue weighted by Gasteiger charge is -2.08. The van der Waals surface area contributed by atoms with Gasteiger partial charge in [-0.25, -0.2) is 4.98 Å². The van der Waals surface area contributed by atoms with E-state index >= 15 is 0 Å². The number of methoxy groups -OCH3 is 1. The zero-order chi connectivity index (χ0) is 16.5. The third-order valence-corrected chi connectivity index (χ3v) is 5.06. The van der Waals surface area contributed by atoms with E-state index in [9.17, 15) is 4.79 Å². The minimum Gasteiger partial charge on any atom is -0.383 e. The molecule has 124 valence electrons. The Kier molecular flexibility index (Phi) is 4.08. The third-order valence-electron chi connectivity index (χ3n) is 4.20. The first-order valence-electron chi connectivity index (χ1n) is 8.10. The summed E-state index contributed by atoms with van der Waals surface area (Å²) < 4.78 is 7.46. The van der Waals surface area contributed by atoms with Crippen molar-refractivity contribution in [3.63, 3.8) is 0 Å². The molecule has 2 heterocycles. The molecular formula is C18H19N3O2S. The van der Waals surface area contributed by atoms with Gasteiger partial charge < -0.3 is 14.6 Å². The van der Waals surface area contributed by atoms with Crippen molar-refractivity contribution < 1.29 is 9.53 Å². The molecule has 1 amide bonds. The van der Waals surface area contributed by atoms with Crippen LogP contribution >= 0.6 is 11.3 Å². The van der Waals surface area contributed by atoms with E-state index < -0.39 is 0 Å². The average Bonchev–Trinajstić information content (AvgIpc) is 3.14. The van der Waals surface area contributed by atoms with Crippen LogP contribution in [0.2, 0.25) is 0 Å². The molecule has 0 unspecified atom stereocenters. The molecule has 1 fully saturated rings. The van der Waals surface area contributed by atoms with Gasteiger partial charge in [-0.2, -0.15) is 0 Å². The first-order valence-corrected chi connectivity index (χ1v) is 8.98. The van der Waals surface area contributed by atoms with Crippen LogP contribution in [0.4, 0.5) is 0 Å². The average molecular weight is 341 g/mol. The Labute approximate surface area is 144 Å². The van der Waals surface area contributed by atoms with Gasteiger partial charge in [-0.1, -0.05) is 18.2 Å². The van der Waals surface area contributed by atoms with Crippen molar-refractivity contribution in [1.29, 1.82) is 0 Å². The van der Waals surface area contributed by atoms with Crippen LogP contribution in [0.15, 0.2) is 35.7 Å². The predicted octanol–water partition coefficient (Wildman–Crippen LogP) is 3.30. The Morgan fingerprint density at radius 3 is 3.04 bits per heavy atom. The Bertz CT molecular complexity index is 879. The van der Waals surface area contributed by atoms with Crippen LogP contribution in [0, 0.1) is 0 Å². The highest BCUT2D eigenvalue weighted by molar-refractivity contribution is 7.13. The van der Waals surface area contributed by atoms with Gasteiger partial charge in [-0.15, -0.1) is 11.3 Å². The Morgan fingerprint density at radius 1 is 1.42 bits per heavy atom. The highest BCUT2D eigenvalue weighted by atomic mass is 32.1. The predicted molar refractivity (Wildman–Crippen MR) is 95.4 cm³/mol. The summed E-state index contributed by atoms with van der Waals surface area (Å²) in [4.78, 5) is 16.7. The minimum absolute atomic E-state index is 0.0699. The maximum absolute atomic E-state index is 12.2. The highest BCUT2D eigenvalue weighted by Gasteiger charge is 2.25. The molecule has 4 rings (SSSR count). The van der Waals surface area contributed by atoms with E-state index in [0.717, 1.165) is 35.6 Å². The highest BCUT2D eigenvalue weighted by Crippen LogP contribution is 2.30. The monoisotopic (exact) mass is 341 g/mol. The number of para-hydroxylation sites is 1. The van der Waals surface area contributed by atoms with E-state index in [1.54, 1.807) is 7.11 Å². The number of ether oxygens (including phenoxy) is 1. The summed E-state index contributed by atoms with van der Waals surface area (Å²) in [7, 11) is 1.70. The number of carbonyl (C=O) groups is 1. The van der Waals surface area contributed by atoms with Crippen LogP contribution in [0.3, 0.4) is 0 Å². The fourth-order valence-corrected chi connectivity index (χ4v) is 3.62. The molecule has 1 N–H and O–H groups in total. The van der Waals surface area contributed by atoms with Crippen LogP contribution in [-0.4, -0.2) is 35.2 Å². The van der Waals surface area contributed by atoms with Crippen molar-refractivity contribution in [2.24, 2.45) is 0 Å². The molecule has 2 aromatic heterocycles. The lowest BCUT2D eigenvalue weighted by molar-refractivity contribution is 0.0947. The summed E-state index contributed by atoms with van der Waals surface area (Å²) in [5.41, 5.74) is 2.69. The number of thiazole rings is 1.